The fourth-order valence-electron chi connectivity index (χ4n) is 3.69. The molecule has 0 radical (unpaired) electrons. The Balaban J connectivity index is 1.78. The van der Waals surface area contributed by atoms with Crippen LogP contribution in [0.25, 0.3) is 0 Å². The second-order valence-corrected chi connectivity index (χ2v) is 9.76. The lowest BCUT2D eigenvalue weighted by atomic mass is 9.94. The molecule has 0 saturated carbocycles. The highest BCUT2D eigenvalue weighted by Crippen LogP contribution is 2.30. The number of alkyl halides is 3. The van der Waals surface area contributed by atoms with Gasteiger partial charge in [-0.05, 0) is 60.7 Å². The van der Waals surface area contributed by atoms with E-state index in [1.54, 1.807) is 0 Å². The quantitative estimate of drug-likeness (QED) is 0.754. The summed E-state index contributed by atoms with van der Waals surface area (Å²) < 4.78 is 65.5. The normalized spacial score (nSPS) is 20.7. The zero-order chi connectivity index (χ0) is 22.1. The third-order valence-corrected chi connectivity index (χ3v) is 6.87. The van der Waals surface area contributed by atoms with Gasteiger partial charge in [0.25, 0.3) is 5.91 Å². The minimum atomic E-state index is -4.46. The summed E-state index contributed by atoms with van der Waals surface area (Å²) in [6, 6.07) is 9.71. The number of sulfonamides is 1. The molecule has 2 unspecified atom stereocenters. The van der Waals surface area contributed by atoms with E-state index < -0.39 is 27.7 Å². The molecule has 2 atom stereocenters. The molecule has 0 spiro atoms. The Morgan fingerprint density at radius 1 is 1.03 bits per heavy atom. The van der Waals surface area contributed by atoms with Gasteiger partial charge in [0.05, 0.1) is 10.5 Å². The summed E-state index contributed by atoms with van der Waals surface area (Å²) in [7, 11) is -3.75. The van der Waals surface area contributed by atoms with Crippen LogP contribution in [-0.2, 0) is 16.2 Å². The van der Waals surface area contributed by atoms with Crippen molar-refractivity contribution >= 4 is 21.6 Å². The minimum Gasteiger partial charge on any atom is -0.322 e. The van der Waals surface area contributed by atoms with Gasteiger partial charge in [0, 0.05) is 24.3 Å². The number of rotatable bonds is 4. The number of carbonyl (C=O) groups excluding carboxylic acids is 1. The predicted molar refractivity (Wildman–Crippen MR) is 108 cm³/mol. The summed E-state index contributed by atoms with van der Waals surface area (Å²) >= 11 is 0. The SMILES string of the molecule is CC1CC(C)CN(S(=O)(=O)c2cccc(C(=O)Nc3ccc(C(F)(F)F)cc3)c2)C1. The van der Waals surface area contributed by atoms with E-state index in [1.165, 1.54) is 28.6 Å². The number of carbonyl (C=O) groups is 1. The zero-order valence-electron chi connectivity index (χ0n) is 16.6. The van der Waals surface area contributed by atoms with Gasteiger partial charge in [0.15, 0.2) is 0 Å². The van der Waals surface area contributed by atoms with Crippen LogP contribution in [0.5, 0.6) is 0 Å². The van der Waals surface area contributed by atoms with E-state index in [4.69, 9.17) is 0 Å². The molecule has 0 aliphatic carbocycles. The maximum Gasteiger partial charge on any atom is 0.416 e. The van der Waals surface area contributed by atoms with E-state index in [0.29, 0.717) is 13.1 Å². The molecule has 2 aromatic rings. The molecule has 3 rings (SSSR count). The number of benzene rings is 2. The molecular weight excluding hydrogens is 417 g/mol. The van der Waals surface area contributed by atoms with Crippen molar-refractivity contribution in [1.82, 2.24) is 4.31 Å². The predicted octanol–water partition coefficient (Wildman–Crippen LogP) is 4.62. The second-order valence-electron chi connectivity index (χ2n) is 7.83. The molecule has 5 nitrogen and oxygen atoms in total. The first kappa shape index (κ1) is 22.3. The van der Waals surface area contributed by atoms with Crippen LogP contribution < -0.4 is 5.32 Å². The summed E-state index contributed by atoms with van der Waals surface area (Å²) in [4.78, 5) is 12.5. The third kappa shape index (κ3) is 5.02. The Morgan fingerprint density at radius 2 is 1.63 bits per heavy atom. The van der Waals surface area contributed by atoms with Crippen molar-refractivity contribution in [2.75, 3.05) is 18.4 Å². The summed E-state index contributed by atoms with van der Waals surface area (Å²) in [6.45, 7) is 4.86. The van der Waals surface area contributed by atoms with Crippen LogP contribution in [-0.4, -0.2) is 31.7 Å². The van der Waals surface area contributed by atoms with Crippen LogP contribution in [0.4, 0.5) is 18.9 Å². The van der Waals surface area contributed by atoms with Crippen molar-refractivity contribution in [3.63, 3.8) is 0 Å². The number of anilines is 1. The van der Waals surface area contributed by atoms with E-state index in [9.17, 15) is 26.4 Å². The first-order valence-corrected chi connectivity index (χ1v) is 11.0. The van der Waals surface area contributed by atoms with Crippen molar-refractivity contribution in [1.29, 1.82) is 0 Å². The average molecular weight is 440 g/mol. The summed E-state index contributed by atoms with van der Waals surface area (Å²) in [6.07, 6.45) is -3.50. The number of nitrogens with zero attached hydrogens (tertiary/aromatic N) is 1. The number of hydrogen-bond donors (Lipinski definition) is 1. The van der Waals surface area contributed by atoms with Crippen LogP contribution >= 0.6 is 0 Å². The first-order valence-electron chi connectivity index (χ1n) is 9.55. The summed E-state index contributed by atoms with van der Waals surface area (Å²) in [5.74, 6) is -0.114. The van der Waals surface area contributed by atoms with Crippen LogP contribution in [0.3, 0.4) is 0 Å². The number of halogens is 3. The molecule has 9 heteroatoms. The molecule has 0 aromatic heterocycles. The molecule has 1 amide bonds. The Bertz CT molecular complexity index is 1010. The highest BCUT2D eigenvalue weighted by molar-refractivity contribution is 7.89. The molecule has 30 heavy (non-hydrogen) atoms. The molecule has 1 aliphatic heterocycles. The second kappa shape index (κ2) is 8.39. The monoisotopic (exact) mass is 440 g/mol. The molecule has 162 valence electrons. The molecule has 1 saturated heterocycles. The van der Waals surface area contributed by atoms with Gasteiger partial charge in [-0.2, -0.15) is 17.5 Å². The fourth-order valence-corrected chi connectivity index (χ4v) is 5.42. The van der Waals surface area contributed by atoms with Crippen LogP contribution in [0, 0.1) is 11.8 Å². The maximum absolute atomic E-state index is 13.0. The lowest BCUT2D eigenvalue weighted by Crippen LogP contribution is -2.42. The van der Waals surface area contributed by atoms with Gasteiger partial charge in [0.2, 0.25) is 10.0 Å². The minimum absolute atomic E-state index is 0.0175. The lowest BCUT2D eigenvalue weighted by Gasteiger charge is -2.34. The smallest absolute Gasteiger partial charge is 0.322 e. The number of nitrogens with one attached hydrogen (secondary N) is 1. The van der Waals surface area contributed by atoms with Crippen molar-refractivity contribution in [2.45, 2.75) is 31.3 Å². The molecule has 1 N–H and O–H groups in total. The number of piperidine rings is 1. The van der Waals surface area contributed by atoms with Gasteiger partial charge in [-0.25, -0.2) is 8.42 Å². The van der Waals surface area contributed by atoms with Crippen molar-refractivity contribution in [3.05, 3.63) is 59.7 Å². The van der Waals surface area contributed by atoms with Crippen LogP contribution in [0.15, 0.2) is 53.4 Å². The zero-order valence-corrected chi connectivity index (χ0v) is 17.4. The van der Waals surface area contributed by atoms with E-state index >= 15 is 0 Å². The first-order chi connectivity index (χ1) is 14.0. The fraction of sp³-hybridized carbons (Fsp3) is 0.381. The van der Waals surface area contributed by atoms with Gasteiger partial charge in [0.1, 0.15) is 0 Å². The third-order valence-electron chi connectivity index (χ3n) is 5.04. The van der Waals surface area contributed by atoms with Crippen molar-refractivity contribution < 1.29 is 26.4 Å². The molecule has 1 aliphatic rings. The lowest BCUT2D eigenvalue weighted by molar-refractivity contribution is -0.137. The summed E-state index contributed by atoms with van der Waals surface area (Å²) in [5, 5.41) is 2.49. The van der Waals surface area contributed by atoms with E-state index in [1.807, 2.05) is 13.8 Å². The topological polar surface area (TPSA) is 66.5 Å². The Labute approximate surface area is 173 Å². The van der Waals surface area contributed by atoms with Crippen LogP contribution in [0.1, 0.15) is 36.2 Å². The van der Waals surface area contributed by atoms with E-state index in [2.05, 4.69) is 5.32 Å². The van der Waals surface area contributed by atoms with Crippen LogP contribution in [0.2, 0.25) is 0 Å². The van der Waals surface area contributed by atoms with E-state index in [0.717, 1.165) is 30.7 Å². The maximum atomic E-state index is 13.0. The van der Waals surface area contributed by atoms with Gasteiger partial charge in [-0.15, -0.1) is 0 Å². The molecule has 2 aromatic carbocycles. The number of hydrogen-bond acceptors (Lipinski definition) is 3. The Morgan fingerprint density at radius 3 is 2.20 bits per heavy atom. The molecular formula is C21H23F3N2O3S. The van der Waals surface area contributed by atoms with E-state index in [-0.39, 0.29) is 28.0 Å². The Hall–Kier alpha value is -2.39. The molecule has 1 fully saturated rings. The van der Waals surface area contributed by atoms with Gasteiger partial charge in [-0.1, -0.05) is 19.9 Å². The van der Waals surface area contributed by atoms with Gasteiger partial charge < -0.3 is 5.32 Å². The largest absolute Gasteiger partial charge is 0.416 e. The highest BCUT2D eigenvalue weighted by atomic mass is 32.2. The van der Waals surface area contributed by atoms with Gasteiger partial charge in [-0.3, -0.25) is 4.79 Å². The average Bonchev–Trinajstić information content (AvgIpc) is 2.67. The van der Waals surface area contributed by atoms with Gasteiger partial charge >= 0.3 is 6.18 Å². The standard InChI is InChI=1S/C21H23F3N2O3S/c1-14-10-15(2)13-26(12-14)30(28,29)19-5-3-4-16(11-19)20(27)25-18-8-6-17(7-9-18)21(22,23)24/h3-9,11,14-15H,10,12-13H2,1-2H3,(H,25,27). The number of amides is 1. The van der Waals surface area contributed by atoms with Crippen molar-refractivity contribution in [3.8, 4) is 0 Å². The summed E-state index contributed by atoms with van der Waals surface area (Å²) in [5.41, 5.74) is -0.535. The van der Waals surface area contributed by atoms with Crippen molar-refractivity contribution in [2.24, 2.45) is 11.8 Å². The highest BCUT2D eigenvalue weighted by Gasteiger charge is 2.32. The Kier molecular flexibility index (Phi) is 6.24. The molecule has 0 bridgehead atoms. The molecule has 1 heterocycles.